The van der Waals surface area contributed by atoms with E-state index in [-0.39, 0.29) is 28.0 Å². The molecule has 9 heteroatoms. The molecule has 2 heterocycles. The van der Waals surface area contributed by atoms with Gasteiger partial charge < -0.3 is 10.2 Å². The van der Waals surface area contributed by atoms with Crippen LogP contribution in [0, 0.1) is 11.6 Å². The van der Waals surface area contributed by atoms with E-state index in [0.717, 1.165) is 28.2 Å². The van der Waals surface area contributed by atoms with E-state index in [4.69, 9.17) is 5.11 Å². The van der Waals surface area contributed by atoms with Crippen molar-refractivity contribution >= 4 is 17.3 Å². The highest BCUT2D eigenvalue weighted by molar-refractivity contribution is 7.12. The molecule has 0 unspecified atom stereocenters. The maximum absolute atomic E-state index is 13.7. The summed E-state index contributed by atoms with van der Waals surface area (Å²) in [5.74, 6) is -3.71. The molecule has 0 aliphatic heterocycles. The molecule has 6 nitrogen and oxygen atoms in total. The number of hydrogen-bond donors (Lipinski definition) is 2. The predicted octanol–water partition coefficient (Wildman–Crippen LogP) is 2.68. The van der Waals surface area contributed by atoms with E-state index in [0.29, 0.717) is 0 Å². The molecule has 112 valence electrons. The number of halogens is 2. The van der Waals surface area contributed by atoms with Gasteiger partial charge in [0, 0.05) is 17.0 Å². The highest BCUT2D eigenvalue weighted by Crippen LogP contribution is 2.29. The molecule has 0 aliphatic carbocycles. The Labute approximate surface area is 125 Å². The number of aromatic carboxylic acids is 1. The summed E-state index contributed by atoms with van der Waals surface area (Å²) in [4.78, 5) is 14.6. The van der Waals surface area contributed by atoms with Crippen LogP contribution in [-0.4, -0.2) is 30.9 Å². The van der Waals surface area contributed by atoms with Crippen LogP contribution in [0.15, 0.2) is 29.6 Å². The highest BCUT2D eigenvalue weighted by atomic mass is 32.1. The molecule has 0 saturated heterocycles. The number of carbonyl (C=O) groups is 1. The summed E-state index contributed by atoms with van der Waals surface area (Å²) in [6.07, 6.45) is 0. The maximum atomic E-state index is 13.7. The molecule has 0 atom stereocenters. The third kappa shape index (κ3) is 2.31. The van der Waals surface area contributed by atoms with E-state index in [9.17, 15) is 18.7 Å². The summed E-state index contributed by atoms with van der Waals surface area (Å²) in [6, 6.07) is 4.74. The smallest absolute Gasteiger partial charge is 0.355 e. The summed E-state index contributed by atoms with van der Waals surface area (Å²) in [5, 5.41) is 24.0. The Morgan fingerprint density at radius 2 is 2.09 bits per heavy atom. The van der Waals surface area contributed by atoms with Crippen LogP contribution >= 0.6 is 11.3 Å². The van der Waals surface area contributed by atoms with E-state index in [1.807, 2.05) is 0 Å². The zero-order valence-corrected chi connectivity index (χ0v) is 11.5. The van der Waals surface area contributed by atoms with Crippen LogP contribution in [0.1, 0.15) is 10.5 Å². The van der Waals surface area contributed by atoms with Crippen molar-refractivity contribution in [2.45, 2.75) is 0 Å². The number of carboxylic acid groups (broad SMARTS) is 1. The Morgan fingerprint density at radius 3 is 2.77 bits per heavy atom. The summed E-state index contributed by atoms with van der Waals surface area (Å²) in [6.45, 7) is 0. The highest BCUT2D eigenvalue weighted by Gasteiger charge is 2.18. The molecule has 3 aromatic rings. The van der Waals surface area contributed by atoms with Crippen molar-refractivity contribution < 1.29 is 23.8 Å². The number of carboxylic acids is 1. The van der Waals surface area contributed by atoms with E-state index < -0.39 is 17.6 Å². The minimum atomic E-state index is -1.22. The molecule has 2 aromatic heterocycles. The summed E-state index contributed by atoms with van der Waals surface area (Å²) in [5.41, 5.74) is -0.320. The lowest BCUT2D eigenvalue weighted by Crippen LogP contribution is -2.00. The average Bonchev–Trinajstić information content (AvgIpc) is 3.08. The SMILES string of the molecule is O=C(O)c1csc(-n2nc(-c3cccc(F)c3F)cc2O)n1. The molecule has 0 radical (unpaired) electrons. The zero-order chi connectivity index (χ0) is 15.9. The van der Waals surface area contributed by atoms with Gasteiger partial charge in [-0.25, -0.2) is 18.6 Å². The monoisotopic (exact) mass is 323 g/mol. The fourth-order valence-corrected chi connectivity index (χ4v) is 2.56. The molecule has 0 bridgehead atoms. The lowest BCUT2D eigenvalue weighted by molar-refractivity contribution is 0.0691. The number of rotatable bonds is 3. The van der Waals surface area contributed by atoms with Crippen LogP contribution in [-0.2, 0) is 0 Å². The lowest BCUT2D eigenvalue weighted by atomic mass is 10.1. The van der Waals surface area contributed by atoms with Crippen LogP contribution in [0.25, 0.3) is 16.4 Å². The van der Waals surface area contributed by atoms with Gasteiger partial charge >= 0.3 is 5.97 Å². The summed E-state index contributed by atoms with van der Waals surface area (Å²) < 4.78 is 27.9. The second-order valence-electron chi connectivity index (χ2n) is 4.22. The van der Waals surface area contributed by atoms with Gasteiger partial charge in [0.1, 0.15) is 0 Å². The van der Waals surface area contributed by atoms with Crippen molar-refractivity contribution in [2.24, 2.45) is 0 Å². The molecule has 3 rings (SSSR count). The largest absolute Gasteiger partial charge is 0.493 e. The molecule has 1 aromatic carbocycles. The van der Waals surface area contributed by atoms with Gasteiger partial charge in [0.15, 0.2) is 17.3 Å². The Bertz CT molecular complexity index is 875. The third-order valence-corrected chi connectivity index (χ3v) is 3.63. The van der Waals surface area contributed by atoms with Gasteiger partial charge in [-0.15, -0.1) is 11.3 Å². The van der Waals surface area contributed by atoms with Crippen molar-refractivity contribution in [3.05, 3.63) is 47.0 Å². The molecule has 0 spiro atoms. The van der Waals surface area contributed by atoms with Crippen molar-refractivity contribution in [1.29, 1.82) is 0 Å². The maximum Gasteiger partial charge on any atom is 0.355 e. The summed E-state index contributed by atoms with van der Waals surface area (Å²) in [7, 11) is 0. The van der Waals surface area contributed by atoms with Crippen LogP contribution in [0.5, 0.6) is 5.88 Å². The third-order valence-electron chi connectivity index (χ3n) is 2.81. The first-order valence-electron chi connectivity index (χ1n) is 5.90. The number of benzene rings is 1. The minimum Gasteiger partial charge on any atom is -0.493 e. The fraction of sp³-hybridized carbons (Fsp3) is 0. The van der Waals surface area contributed by atoms with Crippen LogP contribution in [0.3, 0.4) is 0 Å². The number of nitrogens with zero attached hydrogens (tertiary/aromatic N) is 3. The first kappa shape index (κ1) is 14.1. The Morgan fingerprint density at radius 1 is 1.32 bits per heavy atom. The molecule has 0 saturated carbocycles. The fourth-order valence-electron chi connectivity index (χ4n) is 1.81. The number of aromatic hydroxyl groups is 1. The van der Waals surface area contributed by atoms with Gasteiger partial charge in [-0.3, -0.25) is 0 Å². The standard InChI is InChI=1S/C13H7F2N3O3S/c14-7-3-1-2-6(11(7)15)8-4-10(19)18(17-8)13-16-9(5-22-13)12(20)21/h1-5,19H,(H,20,21). The van der Waals surface area contributed by atoms with Crippen LogP contribution < -0.4 is 0 Å². The van der Waals surface area contributed by atoms with Crippen molar-refractivity contribution in [1.82, 2.24) is 14.8 Å². The van der Waals surface area contributed by atoms with E-state index in [1.54, 1.807) is 0 Å². The van der Waals surface area contributed by atoms with Gasteiger partial charge in [0.2, 0.25) is 11.0 Å². The van der Waals surface area contributed by atoms with Gasteiger partial charge in [0.05, 0.1) is 5.69 Å². The normalized spacial score (nSPS) is 10.8. The number of aromatic nitrogens is 3. The molecule has 2 N–H and O–H groups in total. The number of hydrogen-bond acceptors (Lipinski definition) is 5. The number of thiazole rings is 1. The minimum absolute atomic E-state index is 0.00146. The first-order valence-corrected chi connectivity index (χ1v) is 6.78. The van der Waals surface area contributed by atoms with Crippen LogP contribution in [0.4, 0.5) is 8.78 Å². The predicted molar refractivity (Wildman–Crippen MR) is 73.2 cm³/mol. The van der Waals surface area contributed by atoms with Crippen molar-refractivity contribution in [3.63, 3.8) is 0 Å². The van der Waals surface area contributed by atoms with Crippen molar-refractivity contribution in [3.8, 4) is 22.3 Å². The molecular weight excluding hydrogens is 316 g/mol. The first-order chi connectivity index (χ1) is 10.5. The Balaban J connectivity index is 2.07. The Hall–Kier alpha value is -2.81. The second kappa shape index (κ2) is 5.19. The molecule has 0 fully saturated rings. The van der Waals surface area contributed by atoms with E-state index in [1.165, 1.54) is 17.5 Å². The second-order valence-corrected chi connectivity index (χ2v) is 5.06. The van der Waals surface area contributed by atoms with Gasteiger partial charge in [-0.1, -0.05) is 6.07 Å². The molecular formula is C13H7F2N3O3S. The van der Waals surface area contributed by atoms with E-state index >= 15 is 0 Å². The van der Waals surface area contributed by atoms with Gasteiger partial charge in [-0.2, -0.15) is 9.78 Å². The Kier molecular flexibility index (Phi) is 3.33. The van der Waals surface area contributed by atoms with Crippen LogP contribution in [0.2, 0.25) is 0 Å². The van der Waals surface area contributed by atoms with Gasteiger partial charge in [0.25, 0.3) is 0 Å². The summed E-state index contributed by atoms with van der Waals surface area (Å²) >= 11 is 0.942. The van der Waals surface area contributed by atoms with Gasteiger partial charge in [-0.05, 0) is 12.1 Å². The molecule has 22 heavy (non-hydrogen) atoms. The average molecular weight is 323 g/mol. The molecule has 0 amide bonds. The zero-order valence-electron chi connectivity index (χ0n) is 10.7. The topological polar surface area (TPSA) is 88.2 Å². The van der Waals surface area contributed by atoms with Crippen molar-refractivity contribution in [2.75, 3.05) is 0 Å². The lowest BCUT2D eigenvalue weighted by Gasteiger charge is -1.99. The van der Waals surface area contributed by atoms with E-state index in [2.05, 4.69) is 10.1 Å². The molecule has 0 aliphatic rings. The quantitative estimate of drug-likeness (QED) is 0.773.